The second kappa shape index (κ2) is 10.2. The van der Waals surface area contributed by atoms with Gasteiger partial charge in [-0.3, -0.25) is 4.79 Å². The molecule has 9 heteroatoms. The minimum absolute atomic E-state index is 0.103. The number of rotatable bonds is 8. The number of sulfonamides is 1. The van der Waals surface area contributed by atoms with Gasteiger partial charge in [-0.2, -0.15) is 4.31 Å². The molecular weight excluding hydrogens is 418 g/mol. The van der Waals surface area contributed by atoms with E-state index < -0.39 is 10.0 Å². The van der Waals surface area contributed by atoms with Crippen LogP contribution in [0.1, 0.15) is 29.8 Å². The van der Waals surface area contributed by atoms with Crippen molar-refractivity contribution in [2.75, 3.05) is 49.6 Å². The van der Waals surface area contributed by atoms with Gasteiger partial charge in [0.2, 0.25) is 10.0 Å². The summed E-state index contributed by atoms with van der Waals surface area (Å²) in [5.41, 5.74) is 2.31. The van der Waals surface area contributed by atoms with E-state index in [4.69, 9.17) is 4.74 Å². The van der Waals surface area contributed by atoms with Gasteiger partial charge in [-0.1, -0.05) is 26.0 Å². The third-order valence-corrected chi connectivity index (χ3v) is 7.36. The number of nitrogens with one attached hydrogen (secondary N) is 1. The third kappa shape index (κ3) is 5.24. The number of ether oxygens (including phenoxy) is 1. The first-order valence-electron chi connectivity index (χ1n) is 10.4. The maximum absolute atomic E-state index is 13.0. The molecule has 0 unspecified atom stereocenters. The van der Waals surface area contributed by atoms with Gasteiger partial charge in [-0.25, -0.2) is 8.42 Å². The standard InChI is InChI=1S/C22H29N3O5S/c1-3-25(4-2)31(28,29)19-9-10-21(24-11-13-30-14-12-24)20(15-19)23-22(27)18-7-5-17(16-26)6-8-18/h5-10,15,26H,3-4,11-14,16H2,1-2H3,(H,23,27). The van der Waals surface area contributed by atoms with Crippen LogP contribution < -0.4 is 10.2 Å². The minimum Gasteiger partial charge on any atom is -0.392 e. The molecule has 0 aromatic heterocycles. The largest absolute Gasteiger partial charge is 0.392 e. The Hall–Kier alpha value is -2.46. The number of morpholine rings is 1. The molecule has 2 aromatic carbocycles. The molecule has 1 aliphatic heterocycles. The van der Waals surface area contributed by atoms with Crippen LogP contribution in [0.25, 0.3) is 0 Å². The van der Waals surface area contributed by atoms with Crippen molar-refractivity contribution < 1.29 is 23.1 Å². The van der Waals surface area contributed by atoms with Gasteiger partial charge in [0.1, 0.15) is 0 Å². The van der Waals surface area contributed by atoms with E-state index in [9.17, 15) is 18.3 Å². The molecule has 1 aliphatic rings. The van der Waals surface area contributed by atoms with Gasteiger partial charge in [-0.15, -0.1) is 0 Å². The summed E-state index contributed by atoms with van der Waals surface area (Å²) in [7, 11) is -3.67. The summed E-state index contributed by atoms with van der Waals surface area (Å²) < 4.78 is 32.8. The molecule has 0 bridgehead atoms. The molecule has 168 valence electrons. The molecule has 0 atom stereocenters. The van der Waals surface area contributed by atoms with Gasteiger partial charge in [-0.05, 0) is 35.9 Å². The summed E-state index contributed by atoms with van der Waals surface area (Å²) in [6, 6.07) is 11.5. The molecule has 1 heterocycles. The van der Waals surface area contributed by atoms with Crippen LogP contribution in [0.3, 0.4) is 0 Å². The first-order chi connectivity index (χ1) is 14.9. The first kappa shape index (κ1) is 23.2. The monoisotopic (exact) mass is 447 g/mol. The fourth-order valence-corrected chi connectivity index (χ4v) is 5.01. The molecule has 0 aliphatic carbocycles. The van der Waals surface area contributed by atoms with E-state index in [1.165, 1.54) is 10.4 Å². The predicted octanol–water partition coefficient (Wildman–Crippen LogP) is 2.30. The maximum Gasteiger partial charge on any atom is 0.255 e. The van der Waals surface area contributed by atoms with E-state index in [0.717, 1.165) is 5.69 Å². The zero-order valence-corrected chi connectivity index (χ0v) is 18.7. The Bertz CT molecular complexity index is 998. The Morgan fingerprint density at radius 3 is 2.32 bits per heavy atom. The lowest BCUT2D eigenvalue weighted by Crippen LogP contribution is -2.37. The molecule has 1 amide bonds. The number of hydrogen-bond acceptors (Lipinski definition) is 6. The van der Waals surface area contributed by atoms with Crippen LogP contribution in [0, 0.1) is 0 Å². The van der Waals surface area contributed by atoms with Gasteiger partial charge >= 0.3 is 0 Å². The lowest BCUT2D eigenvalue weighted by Gasteiger charge is -2.31. The van der Waals surface area contributed by atoms with Crippen LogP contribution in [-0.2, 0) is 21.4 Å². The predicted molar refractivity (Wildman–Crippen MR) is 120 cm³/mol. The zero-order chi connectivity index (χ0) is 22.4. The summed E-state index contributed by atoms with van der Waals surface area (Å²) in [5, 5.41) is 12.1. The molecule has 8 nitrogen and oxygen atoms in total. The fourth-order valence-electron chi connectivity index (χ4n) is 3.52. The van der Waals surface area contributed by atoms with E-state index in [2.05, 4.69) is 10.2 Å². The lowest BCUT2D eigenvalue weighted by molar-refractivity contribution is 0.102. The highest BCUT2D eigenvalue weighted by Crippen LogP contribution is 2.31. The van der Waals surface area contributed by atoms with Crippen LogP contribution in [0.15, 0.2) is 47.4 Å². The zero-order valence-electron chi connectivity index (χ0n) is 17.9. The van der Waals surface area contributed by atoms with Crippen LogP contribution >= 0.6 is 0 Å². The number of aliphatic hydroxyl groups is 1. The average molecular weight is 448 g/mol. The summed E-state index contributed by atoms with van der Waals surface area (Å²) in [6.07, 6.45) is 0. The van der Waals surface area contributed by atoms with Crippen molar-refractivity contribution in [3.63, 3.8) is 0 Å². The average Bonchev–Trinajstić information content (AvgIpc) is 2.80. The number of hydrogen-bond donors (Lipinski definition) is 2. The smallest absolute Gasteiger partial charge is 0.255 e. The van der Waals surface area contributed by atoms with Crippen LogP contribution in [-0.4, -0.2) is 63.1 Å². The number of benzene rings is 2. The van der Waals surface area contributed by atoms with E-state index >= 15 is 0 Å². The first-order valence-corrected chi connectivity index (χ1v) is 11.8. The highest BCUT2D eigenvalue weighted by Gasteiger charge is 2.25. The highest BCUT2D eigenvalue weighted by molar-refractivity contribution is 7.89. The summed E-state index contributed by atoms with van der Waals surface area (Å²) in [5.74, 6) is -0.351. The van der Waals surface area contributed by atoms with Crippen molar-refractivity contribution in [2.24, 2.45) is 0 Å². The molecule has 0 spiro atoms. The normalized spacial score (nSPS) is 14.6. The molecule has 2 N–H and O–H groups in total. The summed E-state index contributed by atoms with van der Waals surface area (Å²) in [6.45, 7) is 6.64. The van der Waals surface area contributed by atoms with Crippen molar-refractivity contribution in [3.05, 3.63) is 53.6 Å². The van der Waals surface area contributed by atoms with Gasteiger partial charge in [0.25, 0.3) is 5.91 Å². The van der Waals surface area contributed by atoms with Crippen molar-refractivity contribution in [2.45, 2.75) is 25.3 Å². The van der Waals surface area contributed by atoms with E-state index in [0.29, 0.717) is 56.2 Å². The number of amides is 1. The number of aliphatic hydroxyl groups excluding tert-OH is 1. The fraction of sp³-hybridized carbons (Fsp3) is 0.409. The molecule has 0 radical (unpaired) electrons. The highest BCUT2D eigenvalue weighted by atomic mass is 32.2. The van der Waals surface area contributed by atoms with Crippen LogP contribution in [0.4, 0.5) is 11.4 Å². The Labute approximate surface area is 183 Å². The molecule has 3 rings (SSSR count). The van der Waals surface area contributed by atoms with E-state index in [1.807, 2.05) is 0 Å². The maximum atomic E-state index is 13.0. The van der Waals surface area contributed by atoms with E-state index in [-0.39, 0.29) is 17.4 Å². The van der Waals surface area contributed by atoms with Crippen LogP contribution in [0.5, 0.6) is 0 Å². The summed E-state index contributed by atoms with van der Waals surface area (Å²) in [4.78, 5) is 15.1. The van der Waals surface area contributed by atoms with Crippen molar-refractivity contribution in [1.82, 2.24) is 4.31 Å². The number of nitrogens with zero attached hydrogens (tertiary/aromatic N) is 2. The Kier molecular flexibility index (Phi) is 7.66. The van der Waals surface area contributed by atoms with Crippen molar-refractivity contribution in [1.29, 1.82) is 0 Å². The topological polar surface area (TPSA) is 99.2 Å². The minimum atomic E-state index is -3.67. The SMILES string of the molecule is CCN(CC)S(=O)(=O)c1ccc(N2CCOCC2)c(NC(=O)c2ccc(CO)cc2)c1. The van der Waals surface area contributed by atoms with E-state index in [1.54, 1.807) is 50.2 Å². The van der Waals surface area contributed by atoms with Gasteiger partial charge < -0.3 is 20.1 Å². The van der Waals surface area contributed by atoms with Gasteiger partial charge in [0.15, 0.2) is 0 Å². The van der Waals surface area contributed by atoms with Crippen molar-refractivity contribution in [3.8, 4) is 0 Å². The Morgan fingerprint density at radius 2 is 1.74 bits per heavy atom. The Morgan fingerprint density at radius 1 is 1.10 bits per heavy atom. The molecule has 1 fully saturated rings. The number of carbonyl (C=O) groups is 1. The van der Waals surface area contributed by atoms with Gasteiger partial charge in [0.05, 0.1) is 36.1 Å². The quantitative estimate of drug-likeness (QED) is 0.644. The molecular formula is C22H29N3O5S. The molecule has 1 saturated heterocycles. The van der Waals surface area contributed by atoms with Gasteiger partial charge in [0, 0.05) is 31.7 Å². The number of carbonyl (C=O) groups excluding carboxylic acids is 1. The Balaban J connectivity index is 1.98. The second-order valence-corrected chi connectivity index (χ2v) is 9.11. The molecule has 2 aromatic rings. The second-order valence-electron chi connectivity index (χ2n) is 7.18. The third-order valence-electron chi connectivity index (χ3n) is 5.31. The van der Waals surface area contributed by atoms with Crippen LogP contribution in [0.2, 0.25) is 0 Å². The van der Waals surface area contributed by atoms with Crippen molar-refractivity contribution >= 4 is 27.3 Å². The summed E-state index contributed by atoms with van der Waals surface area (Å²) >= 11 is 0. The molecule has 0 saturated carbocycles. The number of anilines is 2. The lowest BCUT2D eigenvalue weighted by atomic mass is 10.1. The molecule has 31 heavy (non-hydrogen) atoms.